The summed E-state index contributed by atoms with van der Waals surface area (Å²) in [6, 6.07) is 1.36. The number of esters is 1. The van der Waals surface area contributed by atoms with Crippen molar-refractivity contribution < 1.29 is 14.3 Å². The number of aromatic amines is 1. The summed E-state index contributed by atoms with van der Waals surface area (Å²) in [5.74, 6) is -0.931. The van der Waals surface area contributed by atoms with Gasteiger partial charge in [0.2, 0.25) is 0 Å². The van der Waals surface area contributed by atoms with Crippen LogP contribution in [0.2, 0.25) is 0 Å². The van der Waals surface area contributed by atoms with E-state index in [2.05, 4.69) is 4.98 Å². The number of aryl methyl sites for hydroxylation is 1. The average molecular weight is 280 g/mol. The SMILES string of the molecule is CCCN(CC(=O)OCC)C(=O)c1c[nH]c(C)cc1=O. The fourth-order valence-electron chi connectivity index (χ4n) is 1.80. The van der Waals surface area contributed by atoms with Crippen LogP contribution in [0.4, 0.5) is 0 Å². The van der Waals surface area contributed by atoms with Gasteiger partial charge in [-0.1, -0.05) is 6.92 Å². The number of nitrogens with one attached hydrogen (secondary N) is 1. The van der Waals surface area contributed by atoms with Gasteiger partial charge in [-0.15, -0.1) is 0 Å². The van der Waals surface area contributed by atoms with E-state index in [1.165, 1.54) is 17.2 Å². The molecule has 1 rings (SSSR count). The fraction of sp³-hybridized carbons (Fsp3) is 0.500. The first kappa shape index (κ1) is 15.9. The van der Waals surface area contributed by atoms with Crippen molar-refractivity contribution in [1.82, 2.24) is 9.88 Å². The molecule has 0 radical (unpaired) electrons. The van der Waals surface area contributed by atoms with Crippen LogP contribution in [0.15, 0.2) is 17.1 Å². The van der Waals surface area contributed by atoms with E-state index < -0.39 is 11.9 Å². The topological polar surface area (TPSA) is 79.5 Å². The first-order valence-electron chi connectivity index (χ1n) is 6.63. The fourth-order valence-corrected chi connectivity index (χ4v) is 1.80. The number of carbonyl (C=O) groups excluding carboxylic acids is 2. The smallest absolute Gasteiger partial charge is 0.325 e. The standard InChI is InChI=1S/C14H20N2O4/c1-4-6-16(9-13(18)20-5-2)14(19)11-8-15-10(3)7-12(11)17/h7-8H,4-6,9H2,1-3H3,(H,15,17). The van der Waals surface area contributed by atoms with E-state index in [0.29, 0.717) is 18.7 Å². The molecule has 0 aliphatic heterocycles. The summed E-state index contributed by atoms with van der Waals surface area (Å²) >= 11 is 0. The molecule has 1 heterocycles. The van der Waals surface area contributed by atoms with Gasteiger partial charge in [0, 0.05) is 24.5 Å². The lowest BCUT2D eigenvalue weighted by Crippen LogP contribution is -2.39. The molecule has 0 fully saturated rings. The minimum atomic E-state index is -0.474. The van der Waals surface area contributed by atoms with Crippen LogP contribution in [0.5, 0.6) is 0 Å². The molecule has 0 unspecified atom stereocenters. The summed E-state index contributed by atoms with van der Waals surface area (Å²) in [6.07, 6.45) is 2.07. The predicted octanol–water partition coefficient (Wildman–Crippen LogP) is 1.10. The van der Waals surface area contributed by atoms with Gasteiger partial charge in [0.25, 0.3) is 5.91 Å². The van der Waals surface area contributed by atoms with E-state index in [1.807, 2.05) is 6.92 Å². The number of pyridine rings is 1. The van der Waals surface area contributed by atoms with Gasteiger partial charge in [0.05, 0.1) is 6.61 Å². The Kier molecular flexibility index (Phi) is 5.96. The molecule has 6 heteroatoms. The zero-order chi connectivity index (χ0) is 15.1. The molecule has 0 saturated heterocycles. The zero-order valence-electron chi connectivity index (χ0n) is 12.1. The second kappa shape index (κ2) is 7.47. The summed E-state index contributed by atoms with van der Waals surface area (Å²) in [4.78, 5) is 39.8. The number of aromatic nitrogens is 1. The van der Waals surface area contributed by atoms with E-state index in [9.17, 15) is 14.4 Å². The van der Waals surface area contributed by atoms with Gasteiger partial charge < -0.3 is 14.6 Å². The summed E-state index contributed by atoms with van der Waals surface area (Å²) in [7, 11) is 0. The number of hydrogen-bond acceptors (Lipinski definition) is 4. The summed E-state index contributed by atoms with van der Waals surface area (Å²) in [5, 5.41) is 0. The van der Waals surface area contributed by atoms with Crippen LogP contribution in [0.3, 0.4) is 0 Å². The summed E-state index contributed by atoms with van der Waals surface area (Å²) in [6.45, 7) is 5.84. The van der Waals surface area contributed by atoms with Gasteiger partial charge in [-0.05, 0) is 20.3 Å². The molecule has 0 aliphatic rings. The highest BCUT2D eigenvalue weighted by Crippen LogP contribution is 2.02. The molecule has 110 valence electrons. The van der Waals surface area contributed by atoms with Crippen LogP contribution in [0.1, 0.15) is 36.3 Å². The van der Waals surface area contributed by atoms with Gasteiger partial charge >= 0.3 is 5.97 Å². The Hall–Kier alpha value is -2.11. The van der Waals surface area contributed by atoms with Crippen LogP contribution in [-0.2, 0) is 9.53 Å². The second-order valence-corrected chi connectivity index (χ2v) is 4.43. The third kappa shape index (κ3) is 4.22. The van der Waals surface area contributed by atoms with Crippen LogP contribution in [0.25, 0.3) is 0 Å². The van der Waals surface area contributed by atoms with Crippen molar-refractivity contribution in [3.05, 3.63) is 33.7 Å². The molecule has 1 aromatic rings. The number of amides is 1. The van der Waals surface area contributed by atoms with Crippen molar-refractivity contribution in [2.24, 2.45) is 0 Å². The Morgan fingerprint density at radius 2 is 2.05 bits per heavy atom. The molecule has 0 bridgehead atoms. The van der Waals surface area contributed by atoms with E-state index in [4.69, 9.17) is 4.74 Å². The van der Waals surface area contributed by atoms with Crippen molar-refractivity contribution in [3.63, 3.8) is 0 Å². The molecule has 20 heavy (non-hydrogen) atoms. The third-order valence-electron chi connectivity index (χ3n) is 2.69. The summed E-state index contributed by atoms with van der Waals surface area (Å²) < 4.78 is 4.84. The summed E-state index contributed by atoms with van der Waals surface area (Å²) in [5.41, 5.74) is 0.364. The highest BCUT2D eigenvalue weighted by atomic mass is 16.5. The molecular weight excluding hydrogens is 260 g/mol. The minimum absolute atomic E-state index is 0.0355. The number of H-pyrrole nitrogens is 1. The number of carbonyl (C=O) groups is 2. The zero-order valence-corrected chi connectivity index (χ0v) is 12.1. The first-order valence-corrected chi connectivity index (χ1v) is 6.63. The molecule has 1 amide bonds. The van der Waals surface area contributed by atoms with Gasteiger partial charge in [-0.2, -0.15) is 0 Å². The van der Waals surface area contributed by atoms with Crippen molar-refractivity contribution >= 4 is 11.9 Å². The van der Waals surface area contributed by atoms with Crippen molar-refractivity contribution in [2.75, 3.05) is 19.7 Å². The van der Waals surface area contributed by atoms with Crippen LogP contribution < -0.4 is 5.43 Å². The van der Waals surface area contributed by atoms with E-state index >= 15 is 0 Å². The molecule has 0 saturated carbocycles. The van der Waals surface area contributed by atoms with Gasteiger partial charge in [0.1, 0.15) is 12.1 Å². The molecular formula is C14H20N2O4. The van der Waals surface area contributed by atoms with E-state index in [0.717, 1.165) is 0 Å². The van der Waals surface area contributed by atoms with Gasteiger partial charge in [-0.25, -0.2) is 0 Å². The van der Waals surface area contributed by atoms with Gasteiger partial charge in [-0.3, -0.25) is 14.4 Å². The van der Waals surface area contributed by atoms with Crippen molar-refractivity contribution in [1.29, 1.82) is 0 Å². The molecule has 0 aliphatic carbocycles. The molecule has 1 aromatic heterocycles. The van der Waals surface area contributed by atoms with Crippen LogP contribution in [0, 0.1) is 6.92 Å². The van der Waals surface area contributed by atoms with Crippen LogP contribution in [-0.4, -0.2) is 41.5 Å². The lowest BCUT2D eigenvalue weighted by molar-refractivity contribution is -0.143. The molecule has 6 nitrogen and oxygen atoms in total. The lowest BCUT2D eigenvalue weighted by Gasteiger charge is -2.20. The highest BCUT2D eigenvalue weighted by molar-refractivity contribution is 5.95. The monoisotopic (exact) mass is 280 g/mol. The maximum absolute atomic E-state index is 12.3. The van der Waals surface area contributed by atoms with E-state index in [-0.39, 0.29) is 24.1 Å². The minimum Gasteiger partial charge on any atom is -0.465 e. The Labute approximate surface area is 117 Å². The van der Waals surface area contributed by atoms with Crippen molar-refractivity contribution in [2.45, 2.75) is 27.2 Å². The Bertz CT molecular complexity index is 536. The van der Waals surface area contributed by atoms with Crippen molar-refractivity contribution in [3.8, 4) is 0 Å². The number of ether oxygens (including phenoxy) is 1. The quantitative estimate of drug-likeness (QED) is 0.791. The molecule has 0 spiro atoms. The Morgan fingerprint density at radius 1 is 1.35 bits per heavy atom. The largest absolute Gasteiger partial charge is 0.465 e. The normalized spacial score (nSPS) is 10.2. The van der Waals surface area contributed by atoms with E-state index in [1.54, 1.807) is 13.8 Å². The number of nitrogens with zero attached hydrogens (tertiary/aromatic N) is 1. The molecule has 1 N–H and O–H groups in total. The number of rotatable bonds is 6. The maximum Gasteiger partial charge on any atom is 0.325 e. The van der Waals surface area contributed by atoms with Gasteiger partial charge in [0.15, 0.2) is 5.43 Å². The average Bonchev–Trinajstić information content (AvgIpc) is 2.38. The molecule has 0 atom stereocenters. The maximum atomic E-state index is 12.3. The lowest BCUT2D eigenvalue weighted by atomic mass is 10.2. The Balaban J connectivity index is 2.93. The molecule has 0 aromatic carbocycles. The second-order valence-electron chi connectivity index (χ2n) is 4.43. The predicted molar refractivity (Wildman–Crippen MR) is 74.6 cm³/mol. The third-order valence-corrected chi connectivity index (χ3v) is 2.69. The van der Waals surface area contributed by atoms with Crippen LogP contribution >= 0.6 is 0 Å². The highest BCUT2D eigenvalue weighted by Gasteiger charge is 2.21. The number of hydrogen-bond donors (Lipinski definition) is 1. The first-order chi connectivity index (χ1) is 9.49. The Morgan fingerprint density at radius 3 is 2.60 bits per heavy atom.